The standard InChI is InChI=1S/C23H22N4O2/c1-28-20-8-6-17(7-9-20)22-25-26-23(29-22)19-10-11-27(15-19)14-16-12-18-4-2-3-5-21(18)24-13-16/h2-9,12-13,19H,10-11,14-15H2,1H3. The van der Waals surface area contributed by atoms with Crippen LogP contribution in [0.2, 0.25) is 0 Å². The second-order valence-electron chi connectivity index (χ2n) is 7.43. The van der Waals surface area contributed by atoms with Crippen molar-refractivity contribution in [2.75, 3.05) is 20.2 Å². The lowest BCUT2D eigenvalue weighted by atomic mass is 10.1. The summed E-state index contributed by atoms with van der Waals surface area (Å²) in [5.41, 5.74) is 3.17. The number of aromatic nitrogens is 3. The molecule has 146 valence electrons. The Morgan fingerprint density at radius 1 is 1.10 bits per heavy atom. The predicted molar refractivity (Wildman–Crippen MR) is 111 cm³/mol. The summed E-state index contributed by atoms with van der Waals surface area (Å²) >= 11 is 0. The van der Waals surface area contributed by atoms with Crippen molar-refractivity contribution in [1.29, 1.82) is 0 Å². The largest absolute Gasteiger partial charge is 0.497 e. The van der Waals surface area contributed by atoms with Gasteiger partial charge in [0.15, 0.2) is 0 Å². The highest BCUT2D eigenvalue weighted by molar-refractivity contribution is 5.78. The molecule has 5 rings (SSSR count). The van der Waals surface area contributed by atoms with Crippen LogP contribution >= 0.6 is 0 Å². The van der Waals surface area contributed by atoms with Gasteiger partial charge in [-0.3, -0.25) is 9.88 Å². The minimum absolute atomic E-state index is 0.267. The van der Waals surface area contributed by atoms with Gasteiger partial charge in [-0.1, -0.05) is 18.2 Å². The maximum Gasteiger partial charge on any atom is 0.247 e. The number of hydrogen-bond donors (Lipinski definition) is 0. The number of para-hydroxylation sites is 1. The molecule has 6 nitrogen and oxygen atoms in total. The molecule has 0 N–H and O–H groups in total. The Kier molecular flexibility index (Phi) is 4.69. The van der Waals surface area contributed by atoms with E-state index in [2.05, 4.69) is 38.3 Å². The number of hydrogen-bond acceptors (Lipinski definition) is 6. The van der Waals surface area contributed by atoms with Crippen LogP contribution in [0.5, 0.6) is 5.75 Å². The molecule has 1 aliphatic heterocycles. The minimum Gasteiger partial charge on any atom is -0.497 e. The zero-order valence-electron chi connectivity index (χ0n) is 16.3. The summed E-state index contributed by atoms with van der Waals surface area (Å²) < 4.78 is 11.2. The summed E-state index contributed by atoms with van der Waals surface area (Å²) in [6.45, 7) is 2.81. The van der Waals surface area contributed by atoms with Gasteiger partial charge in [-0.25, -0.2) is 0 Å². The molecule has 2 aromatic carbocycles. The maximum absolute atomic E-state index is 5.98. The number of fused-ring (bicyclic) bond motifs is 1. The third-order valence-electron chi connectivity index (χ3n) is 5.45. The molecule has 0 bridgehead atoms. The van der Waals surface area contributed by atoms with E-state index in [0.717, 1.165) is 48.8 Å². The zero-order valence-corrected chi connectivity index (χ0v) is 16.3. The molecule has 0 saturated carbocycles. The van der Waals surface area contributed by atoms with Gasteiger partial charge in [0.2, 0.25) is 11.8 Å². The summed E-state index contributed by atoms with van der Waals surface area (Å²) in [7, 11) is 1.65. The van der Waals surface area contributed by atoms with E-state index in [-0.39, 0.29) is 5.92 Å². The van der Waals surface area contributed by atoms with Crippen molar-refractivity contribution in [2.24, 2.45) is 0 Å². The van der Waals surface area contributed by atoms with E-state index in [1.807, 2.05) is 42.6 Å². The SMILES string of the molecule is COc1ccc(-c2nnc(C3CCN(Cc4cnc5ccccc5c4)C3)o2)cc1. The lowest BCUT2D eigenvalue weighted by Gasteiger charge is -2.15. The van der Waals surface area contributed by atoms with Crippen molar-refractivity contribution >= 4 is 10.9 Å². The Labute approximate surface area is 169 Å². The van der Waals surface area contributed by atoms with Crippen molar-refractivity contribution in [2.45, 2.75) is 18.9 Å². The Morgan fingerprint density at radius 2 is 1.97 bits per heavy atom. The molecular weight excluding hydrogens is 364 g/mol. The van der Waals surface area contributed by atoms with Gasteiger partial charge in [0.1, 0.15) is 5.75 Å². The van der Waals surface area contributed by atoms with Crippen molar-refractivity contribution in [3.05, 3.63) is 72.2 Å². The number of rotatable bonds is 5. The van der Waals surface area contributed by atoms with Gasteiger partial charge < -0.3 is 9.15 Å². The van der Waals surface area contributed by atoms with Gasteiger partial charge in [-0.05, 0) is 54.9 Å². The number of benzene rings is 2. The van der Waals surface area contributed by atoms with Crippen LogP contribution in [0.3, 0.4) is 0 Å². The van der Waals surface area contributed by atoms with Crippen LogP contribution in [-0.4, -0.2) is 40.3 Å². The summed E-state index contributed by atoms with van der Waals surface area (Å²) in [6, 6.07) is 18.1. The fourth-order valence-corrected chi connectivity index (χ4v) is 3.89. The molecule has 1 atom stereocenters. The van der Waals surface area contributed by atoms with Crippen molar-refractivity contribution in [1.82, 2.24) is 20.1 Å². The smallest absolute Gasteiger partial charge is 0.247 e. The molecule has 1 saturated heterocycles. The molecule has 1 aliphatic rings. The fourth-order valence-electron chi connectivity index (χ4n) is 3.89. The third kappa shape index (κ3) is 3.71. The summed E-state index contributed by atoms with van der Waals surface area (Å²) in [5, 5.41) is 9.74. The molecule has 6 heteroatoms. The van der Waals surface area contributed by atoms with Crippen LogP contribution in [0.25, 0.3) is 22.4 Å². The molecule has 0 radical (unpaired) electrons. The second kappa shape index (κ2) is 7.64. The van der Waals surface area contributed by atoms with Gasteiger partial charge in [0, 0.05) is 30.2 Å². The topological polar surface area (TPSA) is 64.3 Å². The van der Waals surface area contributed by atoms with Crippen molar-refractivity contribution < 1.29 is 9.15 Å². The third-order valence-corrected chi connectivity index (χ3v) is 5.45. The molecule has 3 heterocycles. The van der Waals surface area contributed by atoms with Gasteiger partial charge in [-0.2, -0.15) is 0 Å². The molecule has 29 heavy (non-hydrogen) atoms. The monoisotopic (exact) mass is 386 g/mol. The highest BCUT2D eigenvalue weighted by Gasteiger charge is 2.28. The van der Waals surface area contributed by atoms with Crippen LogP contribution in [0.1, 0.15) is 23.8 Å². The van der Waals surface area contributed by atoms with E-state index in [4.69, 9.17) is 9.15 Å². The average Bonchev–Trinajstić information content (AvgIpc) is 3.43. The van der Waals surface area contributed by atoms with Crippen LogP contribution in [0.4, 0.5) is 0 Å². The fraction of sp³-hybridized carbons (Fsp3) is 0.261. The predicted octanol–water partition coefficient (Wildman–Crippen LogP) is 4.28. The van der Waals surface area contributed by atoms with Crippen LogP contribution < -0.4 is 4.74 Å². The Balaban J connectivity index is 1.26. The van der Waals surface area contributed by atoms with Gasteiger partial charge >= 0.3 is 0 Å². The Morgan fingerprint density at radius 3 is 2.83 bits per heavy atom. The summed E-state index contributed by atoms with van der Waals surface area (Å²) in [5.74, 6) is 2.35. The molecule has 1 unspecified atom stereocenters. The first-order valence-corrected chi connectivity index (χ1v) is 9.82. The van der Waals surface area contributed by atoms with E-state index in [9.17, 15) is 0 Å². The lowest BCUT2D eigenvalue weighted by Crippen LogP contribution is -2.19. The Bertz CT molecular complexity index is 1120. The quantitative estimate of drug-likeness (QED) is 0.510. The number of methoxy groups -OCH3 is 1. The number of likely N-dealkylation sites (tertiary alicyclic amines) is 1. The van der Waals surface area contributed by atoms with E-state index < -0.39 is 0 Å². The first kappa shape index (κ1) is 17.8. The van der Waals surface area contributed by atoms with Gasteiger partial charge in [0.05, 0.1) is 18.5 Å². The van der Waals surface area contributed by atoms with Crippen LogP contribution in [0.15, 0.2) is 65.2 Å². The minimum atomic E-state index is 0.267. The second-order valence-corrected chi connectivity index (χ2v) is 7.43. The van der Waals surface area contributed by atoms with Gasteiger partial charge in [0.25, 0.3) is 0 Å². The number of nitrogens with zero attached hydrogens (tertiary/aromatic N) is 4. The summed E-state index contributed by atoms with van der Waals surface area (Å²) in [4.78, 5) is 7.00. The molecule has 1 fully saturated rings. The summed E-state index contributed by atoms with van der Waals surface area (Å²) in [6.07, 6.45) is 3.00. The van der Waals surface area contributed by atoms with Crippen molar-refractivity contribution in [3.63, 3.8) is 0 Å². The van der Waals surface area contributed by atoms with Crippen LogP contribution in [0, 0.1) is 0 Å². The van der Waals surface area contributed by atoms with E-state index in [0.29, 0.717) is 5.89 Å². The molecule has 0 aliphatic carbocycles. The van der Waals surface area contributed by atoms with Crippen LogP contribution in [-0.2, 0) is 6.54 Å². The Hall–Kier alpha value is -3.25. The highest BCUT2D eigenvalue weighted by atomic mass is 16.5. The number of pyridine rings is 1. The normalized spacial score (nSPS) is 17.1. The molecule has 4 aromatic rings. The first-order chi connectivity index (χ1) is 14.3. The first-order valence-electron chi connectivity index (χ1n) is 9.82. The molecule has 0 spiro atoms. The van der Waals surface area contributed by atoms with E-state index >= 15 is 0 Å². The molecule has 2 aromatic heterocycles. The van der Waals surface area contributed by atoms with Gasteiger partial charge in [-0.15, -0.1) is 10.2 Å². The molecular formula is C23H22N4O2. The number of ether oxygens (including phenoxy) is 1. The highest BCUT2D eigenvalue weighted by Crippen LogP contribution is 2.30. The molecule has 0 amide bonds. The average molecular weight is 386 g/mol. The van der Waals surface area contributed by atoms with Crippen molar-refractivity contribution in [3.8, 4) is 17.2 Å². The van der Waals surface area contributed by atoms with E-state index in [1.54, 1.807) is 7.11 Å². The van der Waals surface area contributed by atoms with E-state index in [1.165, 1.54) is 10.9 Å². The maximum atomic E-state index is 5.98. The lowest BCUT2D eigenvalue weighted by molar-refractivity contribution is 0.320. The zero-order chi connectivity index (χ0) is 19.6.